The molecule has 2 rings (SSSR count). The summed E-state index contributed by atoms with van der Waals surface area (Å²) < 4.78 is 0. The number of nitrogens with two attached hydrogens (primary N) is 1. The average Bonchev–Trinajstić information content (AvgIpc) is 2.61. The van der Waals surface area contributed by atoms with Gasteiger partial charge in [-0.1, -0.05) is 23.2 Å². The van der Waals surface area contributed by atoms with Gasteiger partial charge in [-0.3, -0.25) is 4.79 Å². The number of H-pyrrole nitrogens is 1. The van der Waals surface area contributed by atoms with Crippen molar-refractivity contribution >= 4 is 40.4 Å². The third-order valence-corrected chi connectivity index (χ3v) is 2.89. The summed E-state index contributed by atoms with van der Waals surface area (Å²) in [5.41, 5.74) is 7.26. The standard InChI is InChI=1S/C11H9Cl2N2O/c12-7-2-9(13)11-6(1-8(14)5-16)4-15-10(11)3-7/h2-4,8,15H,1,14H2/t8-/m0/s1. The Kier molecular flexibility index (Phi) is 3.19. The minimum Gasteiger partial charge on any atom is -0.361 e. The normalized spacial score (nSPS) is 12.9. The summed E-state index contributed by atoms with van der Waals surface area (Å²) in [5.74, 6) is 0. The molecule has 1 atom stereocenters. The Bertz CT molecular complexity index is 536. The molecule has 3 N–H and O–H groups in total. The van der Waals surface area contributed by atoms with E-state index in [2.05, 4.69) is 4.98 Å². The van der Waals surface area contributed by atoms with E-state index in [1.807, 2.05) is 0 Å². The molecule has 2 aromatic rings. The number of carbonyl (C=O) groups excluding carboxylic acids is 1. The molecular formula is C11H9Cl2N2O. The summed E-state index contributed by atoms with van der Waals surface area (Å²) in [6.45, 7) is 0. The van der Waals surface area contributed by atoms with Crippen molar-refractivity contribution in [1.82, 2.24) is 4.98 Å². The third-order valence-electron chi connectivity index (χ3n) is 2.37. The van der Waals surface area contributed by atoms with E-state index in [9.17, 15) is 4.79 Å². The van der Waals surface area contributed by atoms with E-state index < -0.39 is 6.04 Å². The highest BCUT2D eigenvalue weighted by molar-refractivity contribution is 6.38. The number of aromatic amines is 1. The quantitative estimate of drug-likeness (QED) is 0.886. The Labute approximate surface area is 103 Å². The van der Waals surface area contributed by atoms with Crippen LogP contribution in [0.1, 0.15) is 5.56 Å². The van der Waals surface area contributed by atoms with Crippen molar-refractivity contribution in [3.05, 3.63) is 33.9 Å². The Morgan fingerprint density at radius 3 is 2.88 bits per heavy atom. The summed E-state index contributed by atoms with van der Waals surface area (Å²) >= 11 is 12.0. The SMILES string of the molecule is N[C@H]([C]=O)Cc1c[nH]c2cc(Cl)cc(Cl)c12. The van der Waals surface area contributed by atoms with Crippen LogP contribution in [0.4, 0.5) is 0 Å². The topological polar surface area (TPSA) is 58.9 Å². The molecule has 16 heavy (non-hydrogen) atoms. The molecule has 0 amide bonds. The van der Waals surface area contributed by atoms with E-state index >= 15 is 0 Å². The van der Waals surface area contributed by atoms with Crippen LogP contribution in [0, 0.1) is 0 Å². The zero-order valence-corrected chi connectivity index (χ0v) is 9.77. The van der Waals surface area contributed by atoms with Crippen LogP contribution >= 0.6 is 23.2 Å². The van der Waals surface area contributed by atoms with Crippen molar-refractivity contribution in [3.8, 4) is 0 Å². The molecular weight excluding hydrogens is 247 g/mol. The van der Waals surface area contributed by atoms with E-state index in [4.69, 9.17) is 28.9 Å². The number of hydrogen-bond donors (Lipinski definition) is 2. The Morgan fingerprint density at radius 1 is 1.44 bits per heavy atom. The molecule has 3 nitrogen and oxygen atoms in total. The molecule has 0 unspecified atom stereocenters. The van der Waals surface area contributed by atoms with Crippen molar-refractivity contribution in [2.45, 2.75) is 12.5 Å². The molecule has 83 valence electrons. The number of rotatable bonds is 3. The average molecular weight is 256 g/mol. The molecule has 0 saturated carbocycles. The maximum atomic E-state index is 10.4. The Morgan fingerprint density at radius 2 is 2.19 bits per heavy atom. The van der Waals surface area contributed by atoms with Crippen LogP contribution in [0.25, 0.3) is 10.9 Å². The number of benzene rings is 1. The second kappa shape index (κ2) is 4.45. The number of aromatic nitrogens is 1. The molecule has 1 heterocycles. The van der Waals surface area contributed by atoms with Crippen molar-refractivity contribution in [2.24, 2.45) is 5.73 Å². The molecule has 0 bridgehead atoms. The van der Waals surface area contributed by atoms with Crippen LogP contribution in [-0.4, -0.2) is 17.3 Å². The highest BCUT2D eigenvalue weighted by Crippen LogP contribution is 2.30. The third kappa shape index (κ3) is 2.07. The maximum Gasteiger partial charge on any atom is 0.217 e. The molecule has 5 heteroatoms. The van der Waals surface area contributed by atoms with Gasteiger partial charge in [0.2, 0.25) is 6.29 Å². The van der Waals surface area contributed by atoms with E-state index in [1.165, 1.54) is 0 Å². The van der Waals surface area contributed by atoms with Crippen LogP contribution in [-0.2, 0) is 11.2 Å². The van der Waals surface area contributed by atoms with Gasteiger partial charge in [0.15, 0.2) is 0 Å². The number of fused-ring (bicyclic) bond motifs is 1. The van der Waals surface area contributed by atoms with Gasteiger partial charge in [0, 0.05) is 22.1 Å². The van der Waals surface area contributed by atoms with Gasteiger partial charge < -0.3 is 10.7 Å². The van der Waals surface area contributed by atoms with Crippen LogP contribution in [0.5, 0.6) is 0 Å². The second-order valence-electron chi connectivity index (χ2n) is 3.55. The van der Waals surface area contributed by atoms with Crippen molar-refractivity contribution in [1.29, 1.82) is 0 Å². The highest BCUT2D eigenvalue weighted by Gasteiger charge is 2.12. The first kappa shape index (κ1) is 11.5. The fourth-order valence-corrected chi connectivity index (χ4v) is 2.31. The second-order valence-corrected chi connectivity index (χ2v) is 4.40. The van der Waals surface area contributed by atoms with Gasteiger partial charge in [-0.2, -0.15) is 0 Å². The minimum atomic E-state index is -0.634. The van der Waals surface area contributed by atoms with E-state index in [1.54, 1.807) is 24.6 Å². The lowest BCUT2D eigenvalue weighted by Crippen LogP contribution is -2.23. The number of hydrogen-bond acceptors (Lipinski definition) is 2. The van der Waals surface area contributed by atoms with Gasteiger partial charge >= 0.3 is 0 Å². The Hall–Kier alpha value is -1.03. The smallest absolute Gasteiger partial charge is 0.217 e. The van der Waals surface area contributed by atoms with Crippen molar-refractivity contribution in [2.75, 3.05) is 0 Å². The van der Waals surface area contributed by atoms with Gasteiger partial charge in [-0.15, -0.1) is 0 Å². The summed E-state index contributed by atoms with van der Waals surface area (Å²) in [6.07, 6.45) is 3.93. The zero-order valence-electron chi connectivity index (χ0n) is 8.26. The van der Waals surface area contributed by atoms with Crippen LogP contribution in [0.3, 0.4) is 0 Å². The van der Waals surface area contributed by atoms with E-state index in [0.29, 0.717) is 16.5 Å². The van der Waals surface area contributed by atoms with Crippen LogP contribution in [0.15, 0.2) is 18.3 Å². The molecule has 0 aliphatic heterocycles. The fourth-order valence-electron chi connectivity index (χ4n) is 1.69. The summed E-state index contributed by atoms with van der Waals surface area (Å²) in [6, 6.07) is 2.81. The van der Waals surface area contributed by atoms with Gasteiger partial charge in [-0.25, -0.2) is 0 Å². The summed E-state index contributed by atoms with van der Waals surface area (Å²) in [7, 11) is 0. The molecule has 1 aromatic carbocycles. The lowest BCUT2D eigenvalue weighted by Gasteiger charge is -2.03. The number of nitrogens with one attached hydrogen (secondary N) is 1. The fraction of sp³-hybridized carbons (Fsp3) is 0.182. The monoisotopic (exact) mass is 255 g/mol. The first-order valence-electron chi connectivity index (χ1n) is 4.70. The largest absolute Gasteiger partial charge is 0.361 e. The first-order valence-corrected chi connectivity index (χ1v) is 5.45. The van der Waals surface area contributed by atoms with Gasteiger partial charge in [0.05, 0.1) is 11.1 Å². The van der Waals surface area contributed by atoms with E-state index in [0.717, 1.165) is 16.5 Å². The molecule has 0 spiro atoms. The van der Waals surface area contributed by atoms with Crippen molar-refractivity contribution < 1.29 is 4.79 Å². The van der Waals surface area contributed by atoms with Crippen molar-refractivity contribution in [3.63, 3.8) is 0 Å². The van der Waals surface area contributed by atoms with Gasteiger partial charge in [-0.05, 0) is 24.1 Å². The molecule has 1 aromatic heterocycles. The lowest BCUT2D eigenvalue weighted by atomic mass is 10.1. The zero-order chi connectivity index (χ0) is 11.7. The highest BCUT2D eigenvalue weighted by atomic mass is 35.5. The predicted octanol–water partition coefficient (Wildman–Crippen LogP) is 2.45. The van der Waals surface area contributed by atoms with E-state index in [-0.39, 0.29) is 0 Å². The molecule has 0 aliphatic carbocycles. The van der Waals surface area contributed by atoms with Gasteiger partial charge in [0.25, 0.3) is 0 Å². The predicted molar refractivity (Wildman–Crippen MR) is 65.7 cm³/mol. The summed E-state index contributed by atoms with van der Waals surface area (Å²) in [4.78, 5) is 13.4. The van der Waals surface area contributed by atoms with Crippen LogP contribution < -0.4 is 5.73 Å². The maximum absolute atomic E-state index is 10.4. The lowest BCUT2D eigenvalue weighted by molar-refractivity contribution is 0.541. The number of halogens is 2. The summed E-state index contributed by atoms with van der Waals surface area (Å²) in [5, 5.41) is 1.98. The van der Waals surface area contributed by atoms with Gasteiger partial charge in [0.1, 0.15) is 0 Å². The molecule has 1 radical (unpaired) electrons. The molecule has 0 saturated heterocycles. The Balaban J connectivity index is 2.51. The first-order chi connectivity index (χ1) is 7.61. The van der Waals surface area contributed by atoms with Crippen LogP contribution in [0.2, 0.25) is 10.0 Å². The molecule has 0 aliphatic rings. The minimum absolute atomic E-state index is 0.408. The molecule has 0 fully saturated rings.